The number of rotatable bonds is 3. The van der Waals surface area contributed by atoms with Crippen molar-refractivity contribution < 1.29 is 14.0 Å². The molecule has 0 aromatic carbocycles. The zero-order valence-corrected chi connectivity index (χ0v) is 15.2. The molecule has 2 aromatic rings. The predicted octanol–water partition coefficient (Wildman–Crippen LogP) is 1.66. The lowest BCUT2D eigenvalue weighted by molar-refractivity contribution is 0.0709. The first-order valence-corrected chi connectivity index (χ1v) is 9.41. The lowest BCUT2D eigenvalue weighted by Gasteiger charge is -2.34. The fourth-order valence-electron chi connectivity index (χ4n) is 3.54. The number of hydrogen-bond acceptors (Lipinski definition) is 6. The number of hydrogen-bond donors (Lipinski definition) is 0. The number of aromatic nitrogens is 2. The SMILES string of the molecule is O=C(c1cnc(N2CCN(C(=O)c3ccco3)CC2)nc1)N1CCCCC1. The monoisotopic (exact) mass is 369 g/mol. The average Bonchev–Trinajstić information content (AvgIpc) is 3.28. The summed E-state index contributed by atoms with van der Waals surface area (Å²) in [6, 6.07) is 3.39. The molecule has 0 N–H and O–H groups in total. The maximum absolute atomic E-state index is 12.5. The van der Waals surface area contributed by atoms with Gasteiger partial charge >= 0.3 is 0 Å². The van der Waals surface area contributed by atoms with Crippen molar-refractivity contribution in [3.05, 3.63) is 42.1 Å². The Labute approximate surface area is 157 Å². The molecule has 2 aromatic heterocycles. The molecule has 0 saturated carbocycles. The molecular formula is C19H23N5O3. The molecule has 2 aliphatic heterocycles. The van der Waals surface area contributed by atoms with Crippen LogP contribution in [0.25, 0.3) is 0 Å². The first kappa shape index (κ1) is 17.5. The largest absolute Gasteiger partial charge is 0.459 e. The van der Waals surface area contributed by atoms with Crippen molar-refractivity contribution in [2.75, 3.05) is 44.2 Å². The number of piperidine rings is 1. The normalized spacial score (nSPS) is 17.9. The molecule has 0 unspecified atom stereocenters. The topological polar surface area (TPSA) is 82.8 Å². The van der Waals surface area contributed by atoms with Gasteiger partial charge in [-0.15, -0.1) is 0 Å². The quantitative estimate of drug-likeness (QED) is 0.818. The van der Waals surface area contributed by atoms with Gasteiger partial charge in [0.1, 0.15) is 0 Å². The summed E-state index contributed by atoms with van der Waals surface area (Å²) in [5.74, 6) is 0.869. The van der Waals surface area contributed by atoms with Crippen LogP contribution in [-0.4, -0.2) is 70.9 Å². The van der Waals surface area contributed by atoms with Crippen LogP contribution in [-0.2, 0) is 0 Å². The van der Waals surface area contributed by atoms with Gasteiger partial charge in [0.15, 0.2) is 5.76 Å². The Kier molecular flexibility index (Phi) is 5.04. The van der Waals surface area contributed by atoms with Crippen molar-refractivity contribution in [1.82, 2.24) is 19.8 Å². The Hall–Kier alpha value is -2.90. The molecule has 142 valence electrons. The number of carbonyl (C=O) groups is 2. The average molecular weight is 369 g/mol. The molecule has 4 rings (SSSR count). The Morgan fingerprint density at radius 2 is 1.52 bits per heavy atom. The smallest absolute Gasteiger partial charge is 0.289 e. The van der Waals surface area contributed by atoms with Gasteiger partial charge in [-0.2, -0.15) is 0 Å². The van der Waals surface area contributed by atoms with Gasteiger partial charge in [0.25, 0.3) is 11.8 Å². The number of nitrogens with zero attached hydrogens (tertiary/aromatic N) is 5. The van der Waals surface area contributed by atoms with Crippen molar-refractivity contribution >= 4 is 17.8 Å². The number of piperazine rings is 1. The third-order valence-corrected chi connectivity index (χ3v) is 5.11. The van der Waals surface area contributed by atoms with Crippen LogP contribution in [0.5, 0.6) is 0 Å². The molecular weight excluding hydrogens is 346 g/mol. The third kappa shape index (κ3) is 3.79. The summed E-state index contributed by atoms with van der Waals surface area (Å²) in [6.07, 6.45) is 8.04. The first-order valence-electron chi connectivity index (χ1n) is 9.41. The third-order valence-electron chi connectivity index (χ3n) is 5.11. The highest BCUT2D eigenvalue weighted by atomic mass is 16.3. The summed E-state index contributed by atoms with van der Waals surface area (Å²) >= 11 is 0. The highest BCUT2D eigenvalue weighted by Gasteiger charge is 2.25. The molecule has 4 heterocycles. The first-order chi connectivity index (χ1) is 13.2. The Morgan fingerprint density at radius 1 is 0.852 bits per heavy atom. The number of anilines is 1. The molecule has 0 bridgehead atoms. The summed E-state index contributed by atoms with van der Waals surface area (Å²) in [7, 11) is 0. The fourth-order valence-corrected chi connectivity index (χ4v) is 3.54. The summed E-state index contributed by atoms with van der Waals surface area (Å²) in [4.78, 5) is 39.3. The van der Waals surface area contributed by atoms with E-state index in [9.17, 15) is 9.59 Å². The van der Waals surface area contributed by atoms with Gasteiger partial charge in [-0.3, -0.25) is 9.59 Å². The molecule has 8 nitrogen and oxygen atoms in total. The van der Waals surface area contributed by atoms with Crippen molar-refractivity contribution in [3.8, 4) is 0 Å². The van der Waals surface area contributed by atoms with Crippen LogP contribution in [0.3, 0.4) is 0 Å². The van der Waals surface area contributed by atoms with Crippen molar-refractivity contribution in [2.45, 2.75) is 19.3 Å². The van der Waals surface area contributed by atoms with Gasteiger partial charge in [-0.05, 0) is 31.4 Å². The fraction of sp³-hybridized carbons (Fsp3) is 0.474. The molecule has 2 aliphatic rings. The molecule has 0 radical (unpaired) electrons. The molecule has 2 saturated heterocycles. The standard InChI is InChI=1S/C19H23N5O3/c25-17(22-6-2-1-3-7-22)15-13-20-19(21-14-15)24-10-8-23(9-11-24)18(26)16-5-4-12-27-16/h4-5,12-14H,1-3,6-11H2. The Balaban J connectivity index is 1.34. The molecule has 8 heteroatoms. The van der Waals surface area contributed by atoms with E-state index in [0.717, 1.165) is 25.9 Å². The second-order valence-electron chi connectivity index (χ2n) is 6.88. The van der Waals surface area contributed by atoms with Crippen LogP contribution < -0.4 is 4.90 Å². The van der Waals surface area contributed by atoms with Crippen molar-refractivity contribution in [2.24, 2.45) is 0 Å². The van der Waals surface area contributed by atoms with Crippen LogP contribution in [0.15, 0.2) is 35.2 Å². The molecule has 2 fully saturated rings. The van der Waals surface area contributed by atoms with Crippen molar-refractivity contribution in [3.63, 3.8) is 0 Å². The van der Waals surface area contributed by atoms with Gasteiger partial charge < -0.3 is 19.1 Å². The number of furan rings is 1. The summed E-state index contributed by atoms with van der Waals surface area (Å²) in [5, 5.41) is 0. The maximum Gasteiger partial charge on any atom is 0.289 e. The number of likely N-dealkylation sites (tertiary alicyclic amines) is 1. The van der Waals surface area contributed by atoms with Crippen LogP contribution in [0, 0.1) is 0 Å². The zero-order valence-electron chi connectivity index (χ0n) is 15.2. The highest BCUT2D eigenvalue weighted by Crippen LogP contribution is 2.16. The van der Waals surface area contributed by atoms with Gasteiger partial charge in [0, 0.05) is 51.7 Å². The van der Waals surface area contributed by atoms with E-state index in [2.05, 4.69) is 9.97 Å². The second-order valence-corrected chi connectivity index (χ2v) is 6.88. The van der Waals surface area contributed by atoms with Gasteiger partial charge in [0.05, 0.1) is 11.8 Å². The minimum atomic E-state index is -0.0944. The Bertz CT molecular complexity index is 776. The summed E-state index contributed by atoms with van der Waals surface area (Å²) in [6.45, 7) is 4.07. The number of amides is 2. The molecule has 0 aliphatic carbocycles. The zero-order chi connectivity index (χ0) is 18.6. The highest BCUT2D eigenvalue weighted by molar-refractivity contribution is 5.93. The molecule has 0 atom stereocenters. The van der Waals surface area contributed by atoms with E-state index >= 15 is 0 Å². The Morgan fingerprint density at radius 3 is 2.15 bits per heavy atom. The van der Waals surface area contributed by atoms with Crippen molar-refractivity contribution in [1.29, 1.82) is 0 Å². The molecule has 27 heavy (non-hydrogen) atoms. The summed E-state index contributed by atoms with van der Waals surface area (Å²) < 4.78 is 5.18. The maximum atomic E-state index is 12.5. The lowest BCUT2D eigenvalue weighted by Crippen LogP contribution is -2.49. The minimum Gasteiger partial charge on any atom is -0.459 e. The minimum absolute atomic E-state index is 0.00936. The van der Waals surface area contributed by atoms with E-state index in [1.165, 1.54) is 12.7 Å². The van der Waals surface area contributed by atoms with Crippen LogP contribution in [0.1, 0.15) is 40.2 Å². The van der Waals surface area contributed by atoms with E-state index in [1.54, 1.807) is 29.4 Å². The van der Waals surface area contributed by atoms with E-state index in [-0.39, 0.29) is 11.8 Å². The van der Waals surface area contributed by atoms with Crippen LogP contribution in [0.4, 0.5) is 5.95 Å². The van der Waals surface area contributed by atoms with E-state index in [1.807, 2.05) is 9.80 Å². The van der Waals surface area contributed by atoms with Crippen LogP contribution >= 0.6 is 0 Å². The van der Waals surface area contributed by atoms with Gasteiger partial charge in [-0.1, -0.05) is 0 Å². The van der Waals surface area contributed by atoms with E-state index < -0.39 is 0 Å². The second kappa shape index (κ2) is 7.77. The molecule has 0 spiro atoms. The summed E-state index contributed by atoms with van der Waals surface area (Å²) in [5.41, 5.74) is 0.535. The number of carbonyl (C=O) groups excluding carboxylic acids is 2. The van der Waals surface area contributed by atoms with E-state index in [0.29, 0.717) is 43.5 Å². The van der Waals surface area contributed by atoms with Crippen LogP contribution in [0.2, 0.25) is 0 Å². The molecule has 2 amide bonds. The predicted molar refractivity (Wildman–Crippen MR) is 98.6 cm³/mol. The van der Waals surface area contributed by atoms with Gasteiger partial charge in [0.2, 0.25) is 5.95 Å². The van der Waals surface area contributed by atoms with Gasteiger partial charge in [-0.25, -0.2) is 9.97 Å². The lowest BCUT2D eigenvalue weighted by atomic mass is 10.1. The van der Waals surface area contributed by atoms with E-state index in [4.69, 9.17) is 4.42 Å².